The average molecular weight is 291 g/mol. The Morgan fingerprint density at radius 2 is 2.10 bits per heavy atom. The van der Waals surface area contributed by atoms with Crippen molar-refractivity contribution in [3.05, 3.63) is 29.6 Å². The number of hydrogen-bond acceptors (Lipinski definition) is 4. The number of piperidine rings is 1. The van der Waals surface area contributed by atoms with Crippen LogP contribution in [0.4, 0.5) is 0 Å². The van der Waals surface area contributed by atoms with E-state index in [0.29, 0.717) is 5.56 Å². The molecule has 0 spiro atoms. The van der Waals surface area contributed by atoms with Crippen LogP contribution in [0, 0.1) is 0 Å². The Balaban J connectivity index is 1.90. The molecule has 1 atom stereocenters. The van der Waals surface area contributed by atoms with Crippen molar-refractivity contribution in [3.63, 3.8) is 0 Å². The van der Waals surface area contributed by atoms with Crippen LogP contribution in [0.15, 0.2) is 18.3 Å². The van der Waals surface area contributed by atoms with Crippen LogP contribution in [-0.4, -0.2) is 52.5 Å². The molecule has 1 aliphatic rings. The first-order valence-corrected chi connectivity index (χ1v) is 7.29. The van der Waals surface area contributed by atoms with Crippen molar-refractivity contribution >= 4 is 11.9 Å². The van der Waals surface area contributed by atoms with Crippen molar-refractivity contribution in [2.24, 2.45) is 0 Å². The number of likely N-dealkylation sites (tertiary alicyclic amines) is 1. The molecule has 1 unspecified atom stereocenters. The molecule has 1 amide bonds. The second kappa shape index (κ2) is 7.17. The molecular formula is C15H21N3O3. The molecule has 2 rings (SSSR count). The number of rotatable bonds is 5. The Hall–Kier alpha value is -1.95. The first-order valence-electron chi connectivity index (χ1n) is 7.29. The lowest BCUT2D eigenvalue weighted by atomic mass is 10.1. The summed E-state index contributed by atoms with van der Waals surface area (Å²) in [5.41, 5.74) is 0.208. The summed E-state index contributed by atoms with van der Waals surface area (Å²) in [5.74, 6) is -1.39. The van der Waals surface area contributed by atoms with Gasteiger partial charge in [0.1, 0.15) is 5.69 Å². The molecule has 6 nitrogen and oxygen atoms in total. The van der Waals surface area contributed by atoms with E-state index in [1.165, 1.54) is 37.6 Å². The van der Waals surface area contributed by atoms with E-state index in [9.17, 15) is 9.59 Å². The number of carboxylic acid groups (broad SMARTS) is 1. The van der Waals surface area contributed by atoms with Gasteiger partial charge in [-0.3, -0.25) is 4.79 Å². The number of carboxylic acids is 1. The first-order chi connectivity index (χ1) is 10.1. The standard InChI is InChI=1S/C15H21N3O3/c1-11(10-18-7-3-2-4-8-18)17-14(19)12-5-6-16-13(9-12)15(20)21/h5-6,9,11H,2-4,7-8,10H2,1H3,(H,17,19)(H,20,21). The Bertz CT molecular complexity index is 513. The number of carbonyl (C=O) groups is 2. The maximum absolute atomic E-state index is 12.1. The van der Waals surface area contributed by atoms with E-state index >= 15 is 0 Å². The fourth-order valence-electron chi connectivity index (χ4n) is 2.57. The third kappa shape index (κ3) is 4.53. The highest BCUT2D eigenvalue weighted by Crippen LogP contribution is 2.09. The fourth-order valence-corrected chi connectivity index (χ4v) is 2.57. The summed E-state index contributed by atoms with van der Waals surface area (Å²) >= 11 is 0. The number of amides is 1. The molecule has 21 heavy (non-hydrogen) atoms. The molecule has 2 N–H and O–H groups in total. The Morgan fingerprint density at radius 3 is 2.76 bits per heavy atom. The number of carbonyl (C=O) groups excluding carboxylic acids is 1. The molecule has 1 aliphatic heterocycles. The van der Waals surface area contributed by atoms with E-state index in [-0.39, 0.29) is 17.6 Å². The van der Waals surface area contributed by atoms with Crippen molar-refractivity contribution in [1.82, 2.24) is 15.2 Å². The van der Waals surface area contributed by atoms with Crippen LogP contribution in [0.3, 0.4) is 0 Å². The van der Waals surface area contributed by atoms with E-state index in [4.69, 9.17) is 5.11 Å². The molecule has 1 fully saturated rings. The Kier molecular flexibility index (Phi) is 5.27. The topological polar surface area (TPSA) is 82.5 Å². The largest absolute Gasteiger partial charge is 0.477 e. The predicted molar refractivity (Wildman–Crippen MR) is 78.4 cm³/mol. The normalized spacial score (nSPS) is 17.2. The van der Waals surface area contributed by atoms with Crippen LogP contribution in [-0.2, 0) is 0 Å². The van der Waals surface area contributed by atoms with Gasteiger partial charge in [0.25, 0.3) is 5.91 Å². The van der Waals surface area contributed by atoms with Gasteiger partial charge in [-0.05, 0) is 45.0 Å². The quantitative estimate of drug-likeness (QED) is 0.856. The van der Waals surface area contributed by atoms with Gasteiger partial charge in [-0.1, -0.05) is 6.42 Å². The molecule has 1 saturated heterocycles. The minimum atomic E-state index is -1.13. The third-order valence-electron chi connectivity index (χ3n) is 3.60. The number of aromatic nitrogens is 1. The van der Waals surface area contributed by atoms with Crippen LogP contribution < -0.4 is 5.32 Å². The Morgan fingerprint density at radius 1 is 1.38 bits per heavy atom. The molecule has 0 aromatic carbocycles. The second-order valence-corrected chi connectivity index (χ2v) is 5.47. The van der Waals surface area contributed by atoms with E-state index in [1.807, 2.05) is 6.92 Å². The molecule has 114 valence electrons. The van der Waals surface area contributed by atoms with E-state index in [1.54, 1.807) is 0 Å². The molecule has 0 aliphatic carbocycles. The van der Waals surface area contributed by atoms with Crippen LogP contribution in [0.2, 0.25) is 0 Å². The minimum Gasteiger partial charge on any atom is -0.477 e. The van der Waals surface area contributed by atoms with Crippen molar-refractivity contribution in [3.8, 4) is 0 Å². The second-order valence-electron chi connectivity index (χ2n) is 5.47. The zero-order valence-electron chi connectivity index (χ0n) is 12.2. The fraction of sp³-hybridized carbons (Fsp3) is 0.533. The molecular weight excluding hydrogens is 270 g/mol. The van der Waals surface area contributed by atoms with Gasteiger partial charge in [0.2, 0.25) is 0 Å². The van der Waals surface area contributed by atoms with Crippen LogP contribution in [0.1, 0.15) is 47.0 Å². The molecule has 0 radical (unpaired) electrons. The summed E-state index contributed by atoms with van der Waals surface area (Å²) in [5, 5.41) is 11.8. The van der Waals surface area contributed by atoms with E-state index in [2.05, 4.69) is 15.2 Å². The highest BCUT2D eigenvalue weighted by molar-refractivity contribution is 5.96. The van der Waals surface area contributed by atoms with Crippen LogP contribution in [0.25, 0.3) is 0 Å². The van der Waals surface area contributed by atoms with Gasteiger partial charge in [0.05, 0.1) is 0 Å². The number of nitrogens with zero attached hydrogens (tertiary/aromatic N) is 2. The van der Waals surface area contributed by atoms with Gasteiger partial charge in [0, 0.05) is 24.3 Å². The van der Waals surface area contributed by atoms with Gasteiger partial charge in [-0.15, -0.1) is 0 Å². The highest BCUT2D eigenvalue weighted by atomic mass is 16.4. The number of nitrogens with one attached hydrogen (secondary N) is 1. The third-order valence-corrected chi connectivity index (χ3v) is 3.60. The summed E-state index contributed by atoms with van der Waals surface area (Å²) < 4.78 is 0. The van der Waals surface area contributed by atoms with Gasteiger partial charge in [-0.2, -0.15) is 0 Å². The zero-order chi connectivity index (χ0) is 15.2. The summed E-state index contributed by atoms with van der Waals surface area (Å²) in [4.78, 5) is 29.0. The predicted octanol–water partition coefficient (Wildman–Crippen LogP) is 1.38. The van der Waals surface area contributed by atoms with E-state index in [0.717, 1.165) is 19.6 Å². The Labute approximate surface area is 124 Å². The smallest absolute Gasteiger partial charge is 0.354 e. The molecule has 1 aromatic heterocycles. The van der Waals surface area contributed by atoms with Gasteiger partial charge in [0.15, 0.2) is 0 Å². The number of pyridine rings is 1. The molecule has 0 bridgehead atoms. The zero-order valence-corrected chi connectivity index (χ0v) is 12.2. The lowest BCUT2D eigenvalue weighted by molar-refractivity contribution is 0.0690. The summed E-state index contributed by atoms with van der Waals surface area (Å²) in [6.07, 6.45) is 5.06. The maximum Gasteiger partial charge on any atom is 0.354 e. The lowest BCUT2D eigenvalue weighted by Crippen LogP contribution is -2.43. The van der Waals surface area contributed by atoms with Crippen molar-refractivity contribution in [2.45, 2.75) is 32.2 Å². The molecule has 2 heterocycles. The number of aromatic carboxylic acids is 1. The monoisotopic (exact) mass is 291 g/mol. The summed E-state index contributed by atoms with van der Waals surface area (Å²) in [6, 6.07) is 2.85. The van der Waals surface area contributed by atoms with Crippen LogP contribution >= 0.6 is 0 Å². The van der Waals surface area contributed by atoms with Gasteiger partial charge in [-0.25, -0.2) is 9.78 Å². The summed E-state index contributed by atoms with van der Waals surface area (Å²) in [7, 11) is 0. The molecule has 1 aromatic rings. The average Bonchev–Trinajstić information content (AvgIpc) is 2.48. The van der Waals surface area contributed by atoms with Gasteiger partial charge >= 0.3 is 5.97 Å². The first kappa shape index (κ1) is 15.4. The van der Waals surface area contributed by atoms with E-state index < -0.39 is 5.97 Å². The SMILES string of the molecule is CC(CN1CCCCC1)NC(=O)c1ccnc(C(=O)O)c1. The lowest BCUT2D eigenvalue weighted by Gasteiger charge is -2.29. The number of hydrogen-bond donors (Lipinski definition) is 2. The van der Waals surface area contributed by atoms with Crippen molar-refractivity contribution < 1.29 is 14.7 Å². The summed E-state index contributed by atoms with van der Waals surface area (Å²) in [6.45, 7) is 4.95. The maximum atomic E-state index is 12.1. The van der Waals surface area contributed by atoms with Crippen molar-refractivity contribution in [1.29, 1.82) is 0 Å². The minimum absolute atomic E-state index is 0.0250. The van der Waals surface area contributed by atoms with Crippen molar-refractivity contribution in [2.75, 3.05) is 19.6 Å². The molecule has 6 heteroatoms. The van der Waals surface area contributed by atoms with Gasteiger partial charge < -0.3 is 15.3 Å². The van der Waals surface area contributed by atoms with Crippen LogP contribution in [0.5, 0.6) is 0 Å². The molecule has 0 saturated carbocycles. The highest BCUT2D eigenvalue weighted by Gasteiger charge is 2.16.